The fourth-order valence-electron chi connectivity index (χ4n) is 2.55. The van der Waals surface area contributed by atoms with E-state index < -0.39 is 0 Å². The van der Waals surface area contributed by atoms with Crippen LogP contribution in [0.15, 0.2) is 65.0 Å². The molecular formula is C19H17N3OS3. The lowest BCUT2D eigenvalue weighted by atomic mass is 10.1. The molecule has 0 unspecified atom stereocenters. The molecule has 0 radical (unpaired) electrons. The minimum atomic E-state index is -0.332. The highest BCUT2D eigenvalue weighted by atomic mass is 32.2. The summed E-state index contributed by atoms with van der Waals surface area (Å²) in [6.07, 6.45) is 2.14. The molecule has 0 spiro atoms. The quantitative estimate of drug-likeness (QED) is 0.479. The predicted molar refractivity (Wildman–Crippen MR) is 108 cm³/mol. The Morgan fingerprint density at radius 3 is 2.46 bits per heavy atom. The van der Waals surface area contributed by atoms with E-state index in [1.165, 1.54) is 23.1 Å². The van der Waals surface area contributed by atoms with E-state index in [0.29, 0.717) is 10.00 Å². The third-order valence-corrected chi connectivity index (χ3v) is 6.58. The number of rotatable bonds is 6. The minimum absolute atomic E-state index is 0.0380. The Bertz CT molecular complexity index is 949. The number of hydrogen-bond donors (Lipinski definition) is 1. The van der Waals surface area contributed by atoms with Crippen LogP contribution in [0.25, 0.3) is 5.69 Å². The average Bonchev–Trinajstić information content (AvgIpc) is 3.41. The first-order valence-corrected chi connectivity index (χ1v) is 10.5. The van der Waals surface area contributed by atoms with Crippen LogP contribution in [0.4, 0.5) is 0 Å². The van der Waals surface area contributed by atoms with Gasteiger partial charge in [-0.1, -0.05) is 71.6 Å². The van der Waals surface area contributed by atoms with Crippen LogP contribution in [0.1, 0.15) is 23.7 Å². The second-order valence-electron chi connectivity index (χ2n) is 6.07. The fraction of sp³-hybridized carbons (Fsp3) is 0.211. The van der Waals surface area contributed by atoms with E-state index in [1.807, 2.05) is 60.7 Å². The van der Waals surface area contributed by atoms with Crippen LogP contribution in [0, 0.1) is 3.95 Å². The predicted octanol–water partition coefficient (Wildman–Crippen LogP) is 4.78. The van der Waals surface area contributed by atoms with Gasteiger partial charge in [-0.05, 0) is 42.8 Å². The van der Waals surface area contributed by atoms with E-state index in [4.69, 9.17) is 12.2 Å². The van der Waals surface area contributed by atoms with Crippen molar-refractivity contribution < 1.29 is 4.79 Å². The number of nitrogens with zero attached hydrogens (tertiary/aromatic N) is 2. The van der Waals surface area contributed by atoms with Gasteiger partial charge >= 0.3 is 0 Å². The molecule has 0 saturated heterocycles. The average molecular weight is 400 g/mol. The molecular weight excluding hydrogens is 382 g/mol. The summed E-state index contributed by atoms with van der Waals surface area (Å²) < 4.78 is 3.22. The molecule has 1 saturated carbocycles. The topological polar surface area (TPSA) is 46.9 Å². The van der Waals surface area contributed by atoms with Crippen molar-refractivity contribution in [2.75, 3.05) is 0 Å². The van der Waals surface area contributed by atoms with Gasteiger partial charge in [-0.25, -0.2) is 4.68 Å². The van der Waals surface area contributed by atoms with Crippen molar-refractivity contribution in [2.45, 2.75) is 28.5 Å². The van der Waals surface area contributed by atoms with Gasteiger partial charge < -0.3 is 5.32 Å². The van der Waals surface area contributed by atoms with Gasteiger partial charge in [0.15, 0.2) is 8.29 Å². The van der Waals surface area contributed by atoms with Crippen LogP contribution in [0.2, 0.25) is 0 Å². The third-order valence-electron chi connectivity index (χ3n) is 4.01. The molecule has 1 atom stereocenters. The highest BCUT2D eigenvalue weighted by Gasteiger charge is 2.29. The Morgan fingerprint density at radius 1 is 1.15 bits per heavy atom. The van der Waals surface area contributed by atoms with Gasteiger partial charge in [-0.2, -0.15) is 0 Å². The van der Waals surface area contributed by atoms with Gasteiger partial charge in [0.2, 0.25) is 5.91 Å². The van der Waals surface area contributed by atoms with Gasteiger partial charge in [-0.3, -0.25) is 4.79 Å². The number of amides is 1. The Morgan fingerprint density at radius 2 is 1.81 bits per heavy atom. The summed E-state index contributed by atoms with van der Waals surface area (Å²) in [5.41, 5.74) is 1.90. The molecule has 1 N–H and O–H groups in total. The molecule has 132 valence electrons. The van der Waals surface area contributed by atoms with E-state index in [2.05, 4.69) is 10.4 Å². The molecule has 1 aliphatic rings. The van der Waals surface area contributed by atoms with Crippen LogP contribution >= 0.6 is 35.3 Å². The molecule has 0 aliphatic heterocycles. The largest absolute Gasteiger partial charge is 0.352 e. The van der Waals surface area contributed by atoms with Crippen LogP contribution in [-0.2, 0) is 4.79 Å². The zero-order chi connectivity index (χ0) is 17.9. The molecule has 1 heterocycles. The van der Waals surface area contributed by atoms with Gasteiger partial charge in [0.05, 0.1) is 5.69 Å². The second kappa shape index (κ2) is 7.73. The van der Waals surface area contributed by atoms with Gasteiger partial charge in [0.25, 0.3) is 0 Å². The lowest BCUT2D eigenvalue weighted by Crippen LogP contribution is -2.29. The van der Waals surface area contributed by atoms with Crippen molar-refractivity contribution in [3.63, 3.8) is 0 Å². The molecule has 4 nitrogen and oxygen atoms in total. The summed E-state index contributed by atoms with van der Waals surface area (Å²) in [5.74, 6) is 0.0380. The number of carbonyl (C=O) groups is 1. The maximum Gasteiger partial charge on any atom is 0.238 e. The number of para-hydroxylation sites is 1. The van der Waals surface area contributed by atoms with Gasteiger partial charge in [-0.15, -0.1) is 5.10 Å². The van der Waals surface area contributed by atoms with E-state index in [9.17, 15) is 4.79 Å². The van der Waals surface area contributed by atoms with Crippen molar-refractivity contribution in [1.29, 1.82) is 0 Å². The Balaban J connectivity index is 1.61. The standard InChI is InChI=1S/C19H17N3OS3/c23-17(20-14-11-12-14)16(13-7-3-1-4-8-13)25-18-21-22(19(24)26-18)15-9-5-2-6-10-15/h1-10,14,16H,11-12H2,(H,20,23)/t16-/m0/s1. The second-order valence-corrected chi connectivity index (χ2v) is 9.05. The van der Waals surface area contributed by atoms with Crippen molar-refractivity contribution in [3.05, 3.63) is 70.2 Å². The molecule has 3 aromatic rings. The number of carbonyl (C=O) groups excluding carboxylic acids is 1. The minimum Gasteiger partial charge on any atom is -0.352 e. The monoisotopic (exact) mass is 399 g/mol. The summed E-state index contributed by atoms with van der Waals surface area (Å²) in [5, 5.41) is 7.41. The molecule has 4 rings (SSSR count). The highest BCUT2D eigenvalue weighted by Crippen LogP contribution is 2.38. The van der Waals surface area contributed by atoms with Crippen LogP contribution in [0.5, 0.6) is 0 Å². The van der Waals surface area contributed by atoms with Crippen LogP contribution in [-0.4, -0.2) is 21.7 Å². The molecule has 1 amide bonds. The lowest BCUT2D eigenvalue weighted by molar-refractivity contribution is -0.120. The number of nitrogens with one attached hydrogen (secondary N) is 1. The van der Waals surface area contributed by atoms with Crippen LogP contribution < -0.4 is 5.32 Å². The summed E-state index contributed by atoms with van der Waals surface area (Å²) in [4.78, 5) is 12.8. The van der Waals surface area contributed by atoms with Gasteiger partial charge in [0, 0.05) is 6.04 Å². The fourth-order valence-corrected chi connectivity index (χ4v) is 5.11. The number of thioether (sulfide) groups is 1. The molecule has 2 aromatic carbocycles. The Kier molecular flexibility index (Phi) is 5.19. The smallest absolute Gasteiger partial charge is 0.238 e. The summed E-state index contributed by atoms with van der Waals surface area (Å²) in [6, 6.07) is 20.0. The number of hydrogen-bond acceptors (Lipinski definition) is 5. The first kappa shape index (κ1) is 17.5. The molecule has 1 fully saturated rings. The molecule has 7 heteroatoms. The first-order valence-electron chi connectivity index (χ1n) is 8.38. The van der Waals surface area contributed by atoms with Crippen molar-refractivity contribution >= 4 is 41.2 Å². The summed E-state index contributed by atoms with van der Waals surface area (Å²) in [7, 11) is 0. The summed E-state index contributed by atoms with van der Waals surface area (Å²) >= 11 is 8.37. The maximum absolute atomic E-state index is 12.8. The van der Waals surface area contributed by atoms with E-state index in [1.54, 1.807) is 4.68 Å². The van der Waals surface area contributed by atoms with E-state index in [0.717, 1.165) is 28.4 Å². The number of aromatic nitrogens is 2. The molecule has 0 bridgehead atoms. The normalized spacial score (nSPS) is 14.8. The highest BCUT2D eigenvalue weighted by molar-refractivity contribution is 8.02. The van der Waals surface area contributed by atoms with Gasteiger partial charge in [0.1, 0.15) is 5.25 Å². The van der Waals surface area contributed by atoms with E-state index in [-0.39, 0.29) is 11.2 Å². The lowest BCUT2D eigenvalue weighted by Gasteiger charge is -2.15. The zero-order valence-electron chi connectivity index (χ0n) is 13.9. The third kappa shape index (κ3) is 4.06. The first-order chi connectivity index (χ1) is 12.7. The van der Waals surface area contributed by atoms with Crippen molar-refractivity contribution in [3.8, 4) is 5.69 Å². The Hall–Kier alpha value is -1.96. The molecule has 1 aromatic heterocycles. The summed E-state index contributed by atoms with van der Waals surface area (Å²) in [6.45, 7) is 0. The van der Waals surface area contributed by atoms with Crippen molar-refractivity contribution in [1.82, 2.24) is 15.1 Å². The Labute approximate surface area is 165 Å². The molecule has 26 heavy (non-hydrogen) atoms. The van der Waals surface area contributed by atoms with Crippen molar-refractivity contribution in [2.24, 2.45) is 0 Å². The zero-order valence-corrected chi connectivity index (χ0v) is 16.3. The number of benzene rings is 2. The SMILES string of the molecule is O=C(NC1CC1)[C@@H](Sc1nn(-c2ccccc2)c(=S)s1)c1ccccc1. The maximum atomic E-state index is 12.8. The van der Waals surface area contributed by atoms with Crippen LogP contribution in [0.3, 0.4) is 0 Å². The van der Waals surface area contributed by atoms with E-state index >= 15 is 0 Å². The molecule has 1 aliphatic carbocycles.